The third-order valence-electron chi connectivity index (χ3n) is 2.92. The number of nitrogens with zero attached hydrogens (tertiary/aromatic N) is 1. The molecule has 0 atom stereocenters. The molecule has 0 fully saturated rings. The molecule has 0 spiro atoms. The smallest absolute Gasteiger partial charge is 0.359 e. The lowest BCUT2D eigenvalue weighted by atomic mass is 10.1. The van der Waals surface area contributed by atoms with E-state index in [-0.39, 0.29) is 21.9 Å². The van der Waals surface area contributed by atoms with Crippen molar-refractivity contribution in [2.24, 2.45) is 0 Å². The Kier molecular flexibility index (Phi) is 3.73. The maximum absolute atomic E-state index is 12.4. The molecule has 0 bridgehead atoms. The van der Waals surface area contributed by atoms with Gasteiger partial charge in [0.1, 0.15) is 0 Å². The Bertz CT molecular complexity index is 750. The molecule has 1 aromatic rings. The molecule has 1 aromatic carbocycles. The monoisotopic (exact) mass is 311 g/mol. The van der Waals surface area contributed by atoms with Gasteiger partial charge in [-0.3, -0.25) is 9.10 Å². The second-order valence-electron chi connectivity index (χ2n) is 4.23. The Morgan fingerprint density at radius 3 is 2.38 bits per heavy atom. The summed E-state index contributed by atoms with van der Waals surface area (Å²) in [5.41, 5.74) is -0.197. The predicted octanol–water partition coefficient (Wildman–Crippen LogP) is 0.725. The van der Waals surface area contributed by atoms with Crippen molar-refractivity contribution in [2.75, 3.05) is 14.2 Å². The van der Waals surface area contributed by atoms with Crippen LogP contribution >= 0.6 is 0 Å². The van der Waals surface area contributed by atoms with E-state index in [0.29, 0.717) is 0 Å². The van der Waals surface area contributed by atoms with Gasteiger partial charge in [-0.1, -0.05) is 12.1 Å². The van der Waals surface area contributed by atoms with E-state index in [9.17, 15) is 18.0 Å². The van der Waals surface area contributed by atoms with E-state index < -0.39 is 22.0 Å². The van der Waals surface area contributed by atoms with Gasteiger partial charge in [-0.05, 0) is 12.1 Å². The summed E-state index contributed by atoms with van der Waals surface area (Å²) in [6.45, 7) is 1.16. The van der Waals surface area contributed by atoms with Crippen molar-refractivity contribution >= 4 is 27.7 Å². The zero-order chi connectivity index (χ0) is 15.8. The van der Waals surface area contributed by atoms with Crippen molar-refractivity contribution in [3.8, 4) is 0 Å². The number of rotatable bonds is 2. The fraction of sp³-hybridized carbons (Fsp3) is 0.231. The van der Waals surface area contributed by atoms with Gasteiger partial charge in [-0.2, -0.15) is 0 Å². The predicted molar refractivity (Wildman–Crippen MR) is 72.1 cm³/mol. The number of sulfonamides is 1. The van der Waals surface area contributed by atoms with Crippen molar-refractivity contribution < 1.29 is 27.5 Å². The number of methoxy groups -OCH3 is 1. The third kappa shape index (κ3) is 2.38. The van der Waals surface area contributed by atoms with E-state index in [4.69, 9.17) is 4.74 Å². The lowest BCUT2D eigenvalue weighted by molar-refractivity contribution is -0.137. The molecule has 0 amide bonds. The van der Waals surface area contributed by atoms with Crippen LogP contribution in [0, 0.1) is 0 Å². The number of fused-ring (bicyclic) bond motifs is 1. The Morgan fingerprint density at radius 2 is 1.81 bits per heavy atom. The summed E-state index contributed by atoms with van der Waals surface area (Å²) in [4.78, 5) is 23.1. The summed E-state index contributed by atoms with van der Waals surface area (Å²) in [5.74, 6) is -1.72. The average molecular weight is 311 g/mol. The summed E-state index contributed by atoms with van der Waals surface area (Å²) < 4.78 is 35.2. The molecular weight excluding hydrogens is 298 g/mol. The number of hydrogen-bond donors (Lipinski definition) is 0. The number of carbonyl (C=O) groups excluding carboxylic acids is 2. The van der Waals surface area contributed by atoms with Gasteiger partial charge in [-0.25, -0.2) is 13.2 Å². The quantitative estimate of drug-likeness (QED) is 0.748. The fourth-order valence-electron chi connectivity index (χ4n) is 1.98. The summed E-state index contributed by atoms with van der Waals surface area (Å²) in [7, 11) is -1.60. The zero-order valence-electron chi connectivity index (χ0n) is 11.6. The number of hydrogen-bond acceptors (Lipinski definition) is 6. The van der Waals surface area contributed by atoms with E-state index in [2.05, 4.69) is 4.74 Å². The molecule has 0 aromatic heterocycles. The van der Waals surface area contributed by atoms with Crippen molar-refractivity contribution in [3.63, 3.8) is 0 Å². The average Bonchev–Trinajstić information content (AvgIpc) is 2.44. The van der Waals surface area contributed by atoms with Crippen LogP contribution in [0.5, 0.6) is 0 Å². The first kappa shape index (κ1) is 15.0. The van der Waals surface area contributed by atoms with E-state index in [0.717, 1.165) is 18.3 Å². The van der Waals surface area contributed by atoms with E-state index >= 15 is 0 Å². The van der Waals surface area contributed by atoms with Gasteiger partial charge in [-0.15, -0.1) is 0 Å². The Balaban J connectivity index is 2.83. The largest absolute Gasteiger partial charge is 0.464 e. The summed E-state index contributed by atoms with van der Waals surface area (Å²) in [6, 6.07) is 5.95. The maximum Gasteiger partial charge on any atom is 0.359 e. The van der Waals surface area contributed by atoms with Gasteiger partial charge >= 0.3 is 11.9 Å². The minimum atomic E-state index is -3.91. The van der Waals surface area contributed by atoms with Crippen LogP contribution in [0.3, 0.4) is 0 Å². The fourth-order valence-corrected chi connectivity index (χ4v) is 3.36. The van der Waals surface area contributed by atoms with Crippen molar-refractivity contribution in [2.45, 2.75) is 11.8 Å². The molecule has 2 rings (SSSR count). The summed E-state index contributed by atoms with van der Waals surface area (Å²) in [6.07, 6.45) is 0. The molecule has 8 heteroatoms. The highest BCUT2D eigenvalue weighted by Crippen LogP contribution is 2.36. The van der Waals surface area contributed by atoms with Gasteiger partial charge in [0.2, 0.25) is 0 Å². The third-order valence-corrected chi connectivity index (χ3v) is 4.74. The van der Waals surface area contributed by atoms with Crippen LogP contribution in [0.2, 0.25) is 0 Å². The highest BCUT2D eigenvalue weighted by molar-refractivity contribution is 7.89. The molecule has 1 heterocycles. The minimum absolute atomic E-state index is 0.0450. The molecule has 7 nitrogen and oxygen atoms in total. The Labute approximate surface area is 121 Å². The lowest BCUT2D eigenvalue weighted by Crippen LogP contribution is -2.36. The molecule has 1 aliphatic heterocycles. The van der Waals surface area contributed by atoms with Crippen LogP contribution in [-0.2, 0) is 29.1 Å². The summed E-state index contributed by atoms with van der Waals surface area (Å²) in [5, 5.41) is 0. The number of ether oxygens (including phenoxy) is 2. The highest BCUT2D eigenvalue weighted by atomic mass is 32.2. The van der Waals surface area contributed by atoms with Crippen LogP contribution in [0.25, 0.3) is 5.76 Å². The van der Waals surface area contributed by atoms with Crippen LogP contribution in [-0.4, -0.2) is 38.8 Å². The molecule has 21 heavy (non-hydrogen) atoms. The van der Waals surface area contributed by atoms with Crippen molar-refractivity contribution in [1.29, 1.82) is 0 Å². The van der Waals surface area contributed by atoms with Crippen LogP contribution < -0.4 is 0 Å². The number of esters is 2. The van der Waals surface area contributed by atoms with Gasteiger partial charge in [0.25, 0.3) is 10.0 Å². The van der Waals surface area contributed by atoms with Gasteiger partial charge < -0.3 is 9.47 Å². The molecule has 112 valence electrons. The van der Waals surface area contributed by atoms with Crippen LogP contribution in [0.15, 0.2) is 34.9 Å². The van der Waals surface area contributed by atoms with Crippen LogP contribution in [0.1, 0.15) is 12.5 Å². The number of carbonyl (C=O) groups is 2. The first-order valence-corrected chi connectivity index (χ1v) is 7.34. The lowest BCUT2D eigenvalue weighted by Gasteiger charge is -2.29. The topological polar surface area (TPSA) is 90.0 Å². The minimum Gasteiger partial charge on any atom is -0.464 e. The SMILES string of the molecule is COC(=O)C1=C(OC(C)=O)c2ccccc2S(=O)(=O)N1C. The Morgan fingerprint density at radius 1 is 1.19 bits per heavy atom. The second kappa shape index (κ2) is 5.21. The normalized spacial score (nSPS) is 16.2. The molecule has 0 saturated carbocycles. The highest BCUT2D eigenvalue weighted by Gasteiger charge is 2.39. The van der Waals surface area contributed by atoms with E-state index in [1.165, 1.54) is 19.2 Å². The Hall–Kier alpha value is -2.35. The van der Waals surface area contributed by atoms with Crippen molar-refractivity contribution in [1.82, 2.24) is 4.31 Å². The molecule has 0 N–H and O–H groups in total. The van der Waals surface area contributed by atoms with Crippen molar-refractivity contribution in [3.05, 3.63) is 35.5 Å². The number of benzene rings is 1. The second-order valence-corrected chi connectivity index (χ2v) is 6.17. The standard InChI is InChI=1S/C13H13NO6S/c1-8(15)20-12-9-6-4-5-7-10(9)21(17,18)14(2)11(12)13(16)19-3/h4-7H,1-3H3. The van der Waals surface area contributed by atoms with Gasteiger partial charge in [0.05, 0.1) is 12.0 Å². The molecule has 0 aliphatic carbocycles. The van der Waals surface area contributed by atoms with Crippen LogP contribution in [0.4, 0.5) is 0 Å². The zero-order valence-corrected chi connectivity index (χ0v) is 12.4. The first-order valence-electron chi connectivity index (χ1n) is 5.90. The molecule has 0 radical (unpaired) electrons. The molecular formula is C13H13NO6S. The van der Waals surface area contributed by atoms with E-state index in [1.807, 2.05) is 0 Å². The molecule has 0 unspecified atom stereocenters. The van der Waals surface area contributed by atoms with Gasteiger partial charge in [0.15, 0.2) is 11.5 Å². The first-order chi connectivity index (χ1) is 9.80. The maximum atomic E-state index is 12.4. The van der Waals surface area contributed by atoms with Gasteiger partial charge in [0, 0.05) is 19.5 Å². The summed E-state index contributed by atoms with van der Waals surface area (Å²) >= 11 is 0. The van der Waals surface area contributed by atoms with E-state index in [1.54, 1.807) is 12.1 Å². The number of likely N-dealkylation sites (N-methyl/N-ethyl adjacent to an activating group) is 1. The molecule has 0 saturated heterocycles. The molecule has 1 aliphatic rings.